The van der Waals surface area contributed by atoms with Crippen LogP contribution in [0.1, 0.15) is 32.8 Å². The Morgan fingerprint density at radius 2 is 2.22 bits per heavy atom. The smallest absolute Gasteiger partial charge is 0.257 e. The number of amides is 1. The summed E-state index contributed by atoms with van der Waals surface area (Å²) in [5, 5.41) is 15.9. The topological polar surface area (TPSA) is 64.9 Å². The van der Waals surface area contributed by atoms with Gasteiger partial charge in [0.2, 0.25) is 0 Å². The van der Waals surface area contributed by atoms with E-state index >= 15 is 0 Å². The third-order valence-corrected chi connectivity index (χ3v) is 5.48. The van der Waals surface area contributed by atoms with Gasteiger partial charge in [-0.3, -0.25) is 10.1 Å². The van der Waals surface area contributed by atoms with Crippen molar-refractivity contribution >= 4 is 55.5 Å². The number of carbonyl (C=O) groups is 1. The van der Waals surface area contributed by atoms with Crippen LogP contribution in [-0.4, -0.2) is 11.0 Å². The van der Waals surface area contributed by atoms with Crippen LogP contribution in [0.25, 0.3) is 0 Å². The van der Waals surface area contributed by atoms with Gasteiger partial charge in [0, 0.05) is 14.9 Å². The van der Waals surface area contributed by atoms with Crippen molar-refractivity contribution < 1.29 is 4.79 Å². The van der Waals surface area contributed by atoms with Gasteiger partial charge >= 0.3 is 0 Å². The molecule has 2 aromatic rings. The van der Waals surface area contributed by atoms with Crippen molar-refractivity contribution in [2.24, 2.45) is 0 Å². The quantitative estimate of drug-likeness (QED) is 0.741. The summed E-state index contributed by atoms with van der Waals surface area (Å²) < 4.78 is 0.825. The minimum atomic E-state index is -0.286. The first-order chi connectivity index (χ1) is 11.1. The Kier molecular flexibility index (Phi) is 4.76. The second-order valence-corrected chi connectivity index (χ2v) is 7.52. The van der Waals surface area contributed by atoms with E-state index in [1.54, 1.807) is 29.5 Å². The Labute approximate surface area is 151 Å². The number of benzene rings is 1. The molecule has 0 radical (unpaired) electrons. The molecule has 0 saturated heterocycles. The van der Waals surface area contributed by atoms with Crippen molar-refractivity contribution in [3.63, 3.8) is 0 Å². The molecule has 3 rings (SSSR count). The number of fused-ring (bicyclic) bond motifs is 1. The van der Waals surface area contributed by atoms with Crippen LogP contribution in [-0.2, 0) is 12.8 Å². The predicted molar refractivity (Wildman–Crippen MR) is 98.9 cm³/mol. The molecule has 7 heteroatoms. The molecule has 1 amide bonds. The lowest BCUT2D eigenvalue weighted by atomic mass is 10.1. The van der Waals surface area contributed by atoms with Gasteiger partial charge in [-0.15, -0.1) is 11.3 Å². The molecule has 0 unspecified atom stereocenters. The van der Waals surface area contributed by atoms with Crippen molar-refractivity contribution in [3.05, 3.63) is 50.3 Å². The van der Waals surface area contributed by atoms with Crippen molar-refractivity contribution in [2.45, 2.75) is 19.3 Å². The first-order valence-electron chi connectivity index (χ1n) is 7.01. The Morgan fingerprint density at radius 1 is 1.39 bits per heavy atom. The van der Waals surface area contributed by atoms with Crippen molar-refractivity contribution in [2.75, 3.05) is 5.32 Å². The van der Waals surface area contributed by atoms with E-state index < -0.39 is 0 Å². The Balaban J connectivity index is 1.71. The number of nitriles is 1. The third kappa shape index (κ3) is 3.44. The lowest BCUT2D eigenvalue weighted by molar-refractivity contribution is 0.0977. The molecule has 23 heavy (non-hydrogen) atoms. The molecule has 0 bridgehead atoms. The standard InChI is InChI=1S/C16H12BrN3OS2/c17-10-4-1-3-9(7-10)14(21)19-16(22)20-15-12(8-18)11-5-2-6-13(11)23-15/h1,3-4,7H,2,5-6H2,(H2,19,20,21,22). The monoisotopic (exact) mass is 405 g/mol. The molecule has 1 heterocycles. The molecular weight excluding hydrogens is 394 g/mol. The average molecular weight is 406 g/mol. The molecule has 0 fully saturated rings. The second-order valence-electron chi connectivity index (χ2n) is 5.09. The van der Waals surface area contributed by atoms with Gasteiger partial charge < -0.3 is 5.32 Å². The molecule has 1 aromatic heterocycles. The largest absolute Gasteiger partial charge is 0.323 e. The normalized spacial score (nSPS) is 12.3. The fourth-order valence-electron chi connectivity index (χ4n) is 2.55. The van der Waals surface area contributed by atoms with Gasteiger partial charge in [0.15, 0.2) is 5.11 Å². The fourth-order valence-corrected chi connectivity index (χ4v) is 4.45. The number of thiocarbonyl (C=S) groups is 1. The lowest BCUT2D eigenvalue weighted by Crippen LogP contribution is -2.34. The Hall–Kier alpha value is -1.75. The number of halogens is 1. The number of hydrogen-bond acceptors (Lipinski definition) is 4. The molecular formula is C16H12BrN3OS2. The van der Waals surface area contributed by atoms with Crippen LogP contribution < -0.4 is 10.6 Å². The summed E-state index contributed by atoms with van der Waals surface area (Å²) in [7, 11) is 0. The van der Waals surface area contributed by atoms with E-state index in [2.05, 4.69) is 32.6 Å². The number of hydrogen-bond donors (Lipinski definition) is 2. The number of carbonyl (C=O) groups excluding carboxylic acids is 1. The summed E-state index contributed by atoms with van der Waals surface area (Å²) in [4.78, 5) is 13.4. The SMILES string of the molecule is N#Cc1c(NC(=S)NC(=O)c2cccc(Br)c2)sc2c1CCC2. The van der Waals surface area contributed by atoms with Crippen LogP contribution in [0.4, 0.5) is 5.00 Å². The van der Waals surface area contributed by atoms with Gasteiger partial charge in [0.05, 0.1) is 5.56 Å². The molecule has 0 atom stereocenters. The molecule has 1 aliphatic carbocycles. The summed E-state index contributed by atoms with van der Waals surface area (Å²) in [5.41, 5.74) is 2.29. The van der Waals surface area contributed by atoms with Crippen molar-refractivity contribution in [3.8, 4) is 6.07 Å². The highest BCUT2D eigenvalue weighted by Gasteiger charge is 2.22. The van der Waals surface area contributed by atoms with E-state index in [0.717, 1.165) is 34.3 Å². The molecule has 0 saturated carbocycles. The minimum absolute atomic E-state index is 0.200. The molecule has 0 spiro atoms. The summed E-state index contributed by atoms with van der Waals surface area (Å²) in [6.45, 7) is 0. The summed E-state index contributed by atoms with van der Waals surface area (Å²) in [6.07, 6.45) is 3.04. The van der Waals surface area contributed by atoms with Crippen molar-refractivity contribution in [1.82, 2.24) is 5.32 Å². The number of nitrogens with one attached hydrogen (secondary N) is 2. The zero-order valence-electron chi connectivity index (χ0n) is 12.0. The maximum absolute atomic E-state index is 12.2. The highest BCUT2D eigenvalue weighted by molar-refractivity contribution is 9.10. The number of rotatable bonds is 2. The van der Waals surface area contributed by atoms with Crippen LogP contribution in [0.3, 0.4) is 0 Å². The number of anilines is 1. The van der Waals surface area contributed by atoms with Gasteiger partial charge in [-0.05, 0) is 55.2 Å². The number of aryl methyl sites for hydroxylation is 1. The van der Waals surface area contributed by atoms with Gasteiger partial charge in [-0.25, -0.2) is 0 Å². The maximum Gasteiger partial charge on any atom is 0.257 e. The number of thiophene rings is 1. The van der Waals surface area contributed by atoms with E-state index in [0.29, 0.717) is 11.1 Å². The summed E-state index contributed by atoms with van der Waals surface area (Å²) in [5.74, 6) is -0.286. The minimum Gasteiger partial charge on any atom is -0.323 e. The van der Waals surface area contributed by atoms with E-state index in [1.807, 2.05) is 6.07 Å². The van der Waals surface area contributed by atoms with Crippen LogP contribution >= 0.6 is 39.5 Å². The van der Waals surface area contributed by atoms with E-state index in [4.69, 9.17) is 12.2 Å². The molecule has 1 aromatic carbocycles. The van der Waals surface area contributed by atoms with Gasteiger partial charge in [-0.2, -0.15) is 5.26 Å². The van der Waals surface area contributed by atoms with Crippen LogP contribution in [0.2, 0.25) is 0 Å². The summed E-state index contributed by atoms with van der Waals surface area (Å²) in [6, 6.07) is 9.31. The molecule has 2 N–H and O–H groups in total. The van der Waals surface area contributed by atoms with E-state index in [9.17, 15) is 10.1 Å². The highest BCUT2D eigenvalue weighted by Crippen LogP contribution is 2.38. The Bertz CT molecular complexity index is 838. The van der Waals surface area contributed by atoms with Crippen LogP contribution in [0.15, 0.2) is 28.7 Å². The number of nitrogens with zero attached hydrogens (tertiary/aromatic N) is 1. The first-order valence-corrected chi connectivity index (χ1v) is 9.03. The molecule has 0 aliphatic heterocycles. The zero-order valence-corrected chi connectivity index (χ0v) is 15.2. The fraction of sp³-hybridized carbons (Fsp3) is 0.188. The van der Waals surface area contributed by atoms with Gasteiger partial charge in [-0.1, -0.05) is 22.0 Å². The Morgan fingerprint density at radius 3 is 2.96 bits per heavy atom. The van der Waals surface area contributed by atoms with E-state index in [-0.39, 0.29) is 11.0 Å². The van der Waals surface area contributed by atoms with E-state index in [1.165, 1.54) is 4.88 Å². The van der Waals surface area contributed by atoms with Crippen molar-refractivity contribution in [1.29, 1.82) is 5.26 Å². The third-order valence-electron chi connectivity index (χ3n) is 3.57. The summed E-state index contributed by atoms with van der Waals surface area (Å²) >= 11 is 10.1. The predicted octanol–water partition coefficient (Wildman–Crippen LogP) is 4.00. The van der Waals surface area contributed by atoms with Gasteiger partial charge in [0.1, 0.15) is 11.1 Å². The molecule has 116 valence electrons. The lowest BCUT2D eigenvalue weighted by Gasteiger charge is -2.09. The molecule has 4 nitrogen and oxygen atoms in total. The zero-order chi connectivity index (χ0) is 16.4. The highest BCUT2D eigenvalue weighted by atomic mass is 79.9. The maximum atomic E-state index is 12.2. The van der Waals surface area contributed by atoms with Crippen LogP contribution in [0.5, 0.6) is 0 Å². The molecule has 1 aliphatic rings. The second kappa shape index (κ2) is 6.79. The van der Waals surface area contributed by atoms with Crippen LogP contribution in [0, 0.1) is 11.3 Å². The average Bonchev–Trinajstić information content (AvgIpc) is 3.07. The van der Waals surface area contributed by atoms with Gasteiger partial charge in [0.25, 0.3) is 5.91 Å². The first kappa shape index (κ1) is 16.1.